The molecule has 0 aromatic carbocycles. The van der Waals surface area contributed by atoms with Gasteiger partial charge in [-0.15, -0.1) is 11.3 Å². The number of carbonyl (C=O) groups excluding carboxylic acids is 1. The minimum absolute atomic E-state index is 0.0125. The molecule has 0 aliphatic carbocycles. The van der Waals surface area contributed by atoms with Gasteiger partial charge >= 0.3 is 5.97 Å². The molecule has 1 atom stereocenters. The van der Waals surface area contributed by atoms with E-state index in [4.69, 9.17) is 4.52 Å². The predicted molar refractivity (Wildman–Crippen MR) is 82.8 cm³/mol. The molecule has 1 fully saturated rings. The quantitative estimate of drug-likeness (QED) is 0.781. The number of methoxy groups -OCH3 is 1. The average molecular weight is 356 g/mol. The summed E-state index contributed by atoms with van der Waals surface area (Å²) in [5.41, 5.74) is 0.596. The highest BCUT2D eigenvalue weighted by Gasteiger charge is 2.40. The Kier molecular flexibility index (Phi) is 4.26. The molecule has 0 amide bonds. The number of hydrogen-bond donors (Lipinski definition) is 0. The zero-order valence-corrected chi connectivity index (χ0v) is 14.3. The third-order valence-corrected chi connectivity index (χ3v) is 6.75. The van der Waals surface area contributed by atoms with Crippen molar-refractivity contribution in [3.63, 3.8) is 0 Å². The van der Waals surface area contributed by atoms with Gasteiger partial charge in [0.15, 0.2) is 0 Å². The number of rotatable bonds is 4. The van der Waals surface area contributed by atoms with Crippen molar-refractivity contribution in [2.75, 3.05) is 13.7 Å². The summed E-state index contributed by atoms with van der Waals surface area (Å²) in [7, 11) is -2.58. The van der Waals surface area contributed by atoms with E-state index in [1.807, 2.05) is 0 Å². The Bertz CT molecular complexity index is 824. The van der Waals surface area contributed by atoms with E-state index in [1.54, 1.807) is 18.4 Å². The first-order valence-corrected chi connectivity index (χ1v) is 9.38. The number of esters is 1. The van der Waals surface area contributed by atoms with Gasteiger partial charge in [0.25, 0.3) is 0 Å². The SMILES string of the molecule is COC(=O)c1sccc1S(=O)(=O)N1CCCC1c1cc(C)on1. The predicted octanol–water partition coefficient (Wildman–Crippen LogP) is 2.36. The van der Waals surface area contributed by atoms with E-state index in [9.17, 15) is 13.2 Å². The van der Waals surface area contributed by atoms with E-state index in [2.05, 4.69) is 9.89 Å². The van der Waals surface area contributed by atoms with Crippen molar-refractivity contribution in [3.8, 4) is 0 Å². The highest BCUT2D eigenvalue weighted by molar-refractivity contribution is 7.89. The highest BCUT2D eigenvalue weighted by Crippen LogP contribution is 2.38. The first kappa shape index (κ1) is 16.2. The van der Waals surface area contributed by atoms with Gasteiger partial charge in [-0.1, -0.05) is 5.16 Å². The smallest absolute Gasteiger partial charge is 0.349 e. The number of carbonyl (C=O) groups is 1. The van der Waals surface area contributed by atoms with E-state index in [0.717, 1.165) is 17.8 Å². The molecule has 3 heterocycles. The minimum Gasteiger partial charge on any atom is -0.465 e. The Morgan fingerprint density at radius 3 is 2.96 bits per heavy atom. The molecule has 0 saturated carbocycles. The molecule has 0 N–H and O–H groups in total. The standard InChI is InChI=1S/C14H16N2O5S2/c1-9-8-10(15-21-9)11-4-3-6-16(11)23(18,19)12-5-7-22-13(12)14(17)20-2/h5,7-8,11H,3-4,6H2,1-2H3. The van der Waals surface area contributed by atoms with Gasteiger partial charge in [0.05, 0.1) is 13.2 Å². The van der Waals surface area contributed by atoms with Gasteiger partial charge in [0, 0.05) is 12.6 Å². The van der Waals surface area contributed by atoms with Gasteiger partial charge < -0.3 is 9.26 Å². The Balaban J connectivity index is 1.99. The van der Waals surface area contributed by atoms with Crippen LogP contribution in [0.2, 0.25) is 0 Å². The normalized spacial score (nSPS) is 19.1. The third kappa shape index (κ3) is 2.79. The molecule has 0 bridgehead atoms. The summed E-state index contributed by atoms with van der Waals surface area (Å²) in [4.78, 5) is 11.9. The lowest BCUT2D eigenvalue weighted by Crippen LogP contribution is -2.31. The molecule has 2 aromatic rings. The van der Waals surface area contributed by atoms with Crippen LogP contribution >= 0.6 is 11.3 Å². The molecule has 1 aliphatic rings. The van der Waals surface area contributed by atoms with Crippen LogP contribution in [0.4, 0.5) is 0 Å². The van der Waals surface area contributed by atoms with E-state index >= 15 is 0 Å². The number of aryl methyl sites for hydroxylation is 1. The minimum atomic E-state index is -3.81. The van der Waals surface area contributed by atoms with E-state index in [1.165, 1.54) is 17.5 Å². The molecule has 9 heteroatoms. The van der Waals surface area contributed by atoms with Crippen molar-refractivity contribution in [1.29, 1.82) is 0 Å². The number of ether oxygens (including phenoxy) is 1. The number of hydrogen-bond acceptors (Lipinski definition) is 7. The van der Waals surface area contributed by atoms with Crippen LogP contribution in [-0.4, -0.2) is 37.5 Å². The first-order valence-electron chi connectivity index (χ1n) is 7.06. The van der Waals surface area contributed by atoms with Crippen molar-refractivity contribution >= 4 is 27.3 Å². The molecule has 124 valence electrons. The number of thiophene rings is 1. The number of nitrogens with zero attached hydrogens (tertiary/aromatic N) is 2. The van der Waals surface area contributed by atoms with Crippen molar-refractivity contribution < 1.29 is 22.5 Å². The highest BCUT2D eigenvalue weighted by atomic mass is 32.2. The van der Waals surface area contributed by atoms with Crippen LogP contribution in [0.3, 0.4) is 0 Å². The molecular formula is C14H16N2O5S2. The average Bonchev–Trinajstić information content (AvgIpc) is 3.25. The van der Waals surface area contributed by atoms with E-state index < -0.39 is 16.0 Å². The molecule has 1 saturated heterocycles. The fourth-order valence-corrected chi connectivity index (χ4v) is 5.71. The summed E-state index contributed by atoms with van der Waals surface area (Å²) < 4.78 is 37.1. The molecule has 7 nitrogen and oxygen atoms in total. The van der Waals surface area contributed by atoms with Crippen molar-refractivity contribution in [1.82, 2.24) is 9.46 Å². The van der Waals surface area contributed by atoms with Crippen LogP contribution in [0.5, 0.6) is 0 Å². The van der Waals surface area contributed by atoms with Crippen molar-refractivity contribution in [3.05, 3.63) is 33.8 Å². The summed E-state index contributed by atoms with van der Waals surface area (Å²) in [6.07, 6.45) is 1.40. The van der Waals surface area contributed by atoms with Gasteiger partial charge in [-0.25, -0.2) is 13.2 Å². The molecular weight excluding hydrogens is 340 g/mol. The summed E-state index contributed by atoms with van der Waals surface area (Å²) in [5, 5.41) is 5.52. The molecule has 2 aromatic heterocycles. The van der Waals surface area contributed by atoms with E-state index in [-0.39, 0.29) is 15.8 Å². The van der Waals surface area contributed by atoms with Crippen LogP contribution in [0, 0.1) is 6.92 Å². The molecule has 0 radical (unpaired) electrons. The topological polar surface area (TPSA) is 89.7 Å². The van der Waals surface area contributed by atoms with Crippen LogP contribution < -0.4 is 0 Å². The second-order valence-corrected chi connectivity index (χ2v) is 8.02. The summed E-state index contributed by atoms with van der Waals surface area (Å²) in [6, 6.07) is 2.81. The monoisotopic (exact) mass is 356 g/mol. The van der Waals surface area contributed by atoms with Crippen LogP contribution in [0.1, 0.15) is 40.0 Å². The number of sulfonamides is 1. The Labute approximate surface area is 137 Å². The van der Waals surface area contributed by atoms with Crippen LogP contribution in [0.25, 0.3) is 0 Å². The maximum Gasteiger partial charge on any atom is 0.349 e. The molecule has 1 unspecified atom stereocenters. The fraction of sp³-hybridized carbons (Fsp3) is 0.429. The fourth-order valence-electron chi connectivity index (χ4n) is 2.73. The van der Waals surface area contributed by atoms with Crippen LogP contribution in [-0.2, 0) is 14.8 Å². The van der Waals surface area contributed by atoms with Gasteiger partial charge in [-0.2, -0.15) is 4.31 Å². The Morgan fingerprint density at radius 2 is 2.30 bits per heavy atom. The van der Waals surface area contributed by atoms with Gasteiger partial charge in [-0.05, 0) is 31.2 Å². The Morgan fingerprint density at radius 1 is 1.52 bits per heavy atom. The second-order valence-electron chi connectivity index (χ2n) is 5.24. The summed E-state index contributed by atoms with van der Waals surface area (Å²) >= 11 is 1.05. The van der Waals surface area contributed by atoms with E-state index in [0.29, 0.717) is 24.4 Å². The zero-order chi connectivity index (χ0) is 16.6. The maximum atomic E-state index is 13.0. The van der Waals surface area contributed by atoms with Crippen molar-refractivity contribution in [2.24, 2.45) is 0 Å². The summed E-state index contributed by atoms with van der Waals surface area (Å²) in [5.74, 6) is -0.0124. The second kappa shape index (κ2) is 6.06. The summed E-state index contributed by atoms with van der Waals surface area (Å²) in [6.45, 7) is 2.15. The molecule has 1 aliphatic heterocycles. The van der Waals surface area contributed by atoms with Gasteiger partial charge in [-0.3, -0.25) is 0 Å². The molecule has 0 spiro atoms. The lowest BCUT2D eigenvalue weighted by molar-refractivity contribution is 0.0602. The number of aromatic nitrogens is 1. The van der Waals surface area contributed by atoms with Crippen molar-refractivity contribution in [2.45, 2.75) is 30.7 Å². The lowest BCUT2D eigenvalue weighted by atomic mass is 10.1. The largest absolute Gasteiger partial charge is 0.465 e. The van der Waals surface area contributed by atoms with Gasteiger partial charge in [0.2, 0.25) is 10.0 Å². The van der Waals surface area contributed by atoms with Gasteiger partial charge in [0.1, 0.15) is 21.2 Å². The lowest BCUT2D eigenvalue weighted by Gasteiger charge is -2.22. The molecule has 23 heavy (non-hydrogen) atoms. The van der Waals surface area contributed by atoms with Crippen LogP contribution in [0.15, 0.2) is 26.9 Å². The zero-order valence-electron chi connectivity index (χ0n) is 12.7. The maximum absolute atomic E-state index is 13.0. The Hall–Kier alpha value is -1.71. The molecule has 3 rings (SSSR count). The third-order valence-electron chi connectivity index (χ3n) is 3.78. The first-order chi connectivity index (χ1) is 10.9.